The van der Waals surface area contributed by atoms with Crippen LogP contribution >= 0.6 is 0 Å². The van der Waals surface area contributed by atoms with Crippen molar-refractivity contribution in [3.8, 4) is 0 Å². The van der Waals surface area contributed by atoms with Gasteiger partial charge in [-0.3, -0.25) is 0 Å². The molecule has 4 heavy (non-hydrogen) atoms. The van der Waals surface area contributed by atoms with Crippen LogP contribution in [0.3, 0.4) is 0 Å². The van der Waals surface area contributed by atoms with Crippen LogP contribution in [0.2, 0.25) is 4.89 Å². The summed E-state index contributed by atoms with van der Waals surface area (Å²) in [7, 11) is 0. The van der Waals surface area contributed by atoms with Gasteiger partial charge in [0.1, 0.15) is 0 Å². The molecule has 1 heteroatoms. The molecule has 0 aliphatic carbocycles. The van der Waals surface area contributed by atoms with E-state index < -0.39 is 0 Å². The molecular weight excluding hydrogens is 142 g/mol. The van der Waals surface area contributed by atoms with Crippen molar-refractivity contribution in [2.75, 3.05) is 0 Å². The molecule has 1 rings (SSSR count). The van der Waals surface area contributed by atoms with Gasteiger partial charge in [-0.1, -0.05) is 0 Å². The molecule has 0 saturated carbocycles. The molecule has 1 heterocycles. The molecule has 0 N–H and O–H groups in total. The number of hydrogen-bond acceptors (Lipinski definition) is 0. The fourth-order valence-corrected chi connectivity index (χ4v) is 0.540. The van der Waals surface area contributed by atoms with Crippen molar-refractivity contribution < 1.29 is 17.5 Å². The third kappa shape index (κ3) is 0.289. The molecule has 0 saturated heterocycles. The van der Waals surface area contributed by atoms with Gasteiger partial charge in [0.05, 0.1) is 0 Å². The Labute approximate surface area is 33.9 Å². The average Bonchev–Trinajstić information content (AvgIpc) is 0.722. The van der Waals surface area contributed by atoms with Crippen molar-refractivity contribution in [2.24, 2.45) is 0 Å². The van der Waals surface area contributed by atoms with Gasteiger partial charge in [-0.2, -0.15) is 0 Å². The minimum absolute atomic E-state index is 1.05. The molecule has 0 radical (unpaired) electrons. The Kier molecular flexibility index (Phi) is 0.759. The van der Waals surface area contributed by atoms with Crippen molar-refractivity contribution >= 4 is 4.49 Å². The molecule has 0 spiro atoms. The monoisotopic (exact) mass is 147 g/mol. The third-order valence-electron chi connectivity index (χ3n) is 0.365. The van der Waals surface area contributed by atoms with Gasteiger partial charge in [0.15, 0.2) is 0 Å². The number of hydrogen-bond donors (Lipinski definition) is 0. The van der Waals surface area contributed by atoms with Gasteiger partial charge in [0, 0.05) is 0 Å². The first-order valence-electron chi connectivity index (χ1n) is 1.31. The number of rotatable bonds is 0. The van der Waals surface area contributed by atoms with Crippen LogP contribution in [-0.2, 0) is 17.5 Å². The molecule has 0 aromatic rings. The van der Waals surface area contributed by atoms with Gasteiger partial charge in [0.2, 0.25) is 0 Å². The molecule has 0 atom stereocenters. The Hall–Kier alpha value is 0.532. The Balaban J connectivity index is 2.47. The van der Waals surface area contributed by atoms with Crippen LogP contribution in [0.5, 0.6) is 0 Å². The van der Waals surface area contributed by atoms with E-state index in [-0.39, 0.29) is 0 Å². The topological polar surface area (TPSA) is 0 Å². The predicted octanol–water partition coefficient (Wildman–Crippen LogP) is 0.693. The summed E-state index contributed by atoms with van der Waals surface area (Å²) in [5, 5.41) is 0. The zero-order chi connectivity index (χ0) is 2.83. The van der Waals surface area contributed by atoms with Crippen LogP contribution < -0.4 is 0 Å². The van der Waals surface area contributed by atoms with E-state index >= 15 is 0 Å². The second-order valence-corrected chi connectivity index (χ2v) is 2.75. The molecule has 27 valence electrons. The van der Waals surface area contributed by atoms with Crippen molar-refractivity contribution in [1.82, 2.24) is 0 Å². The third-order valence-corrected chi connectivity index (χ3v) is 2.16. The summed E-state index contributed by atoms with van der Waals surface area (Å²) in [6, 6.07) is 0. The van der Waals surface area contributed by atoms with Gasteiger partial charge in [-0.15, -0.1) is 0 Å². The fourth-order valence-electron chi connectivity index (χ4n) is 0.0913. The van der Waals surface area contributed by atoms with Gasteiger partial charge in [-0.25, -0.2) is 0 Å². The van der Waals surface area contributed by atoms with E-state index in [1.807, 2.05) is 0 Å². The van der Waals surface area contributed by atoms with Crippen LogP contribution in [0.4, 0.5) is 0 Å². The summed E-state index contributed by atoms with van der Waals surface area (Å²) in [5.41, 5.74) is 0. The van der Waals surface area contributed by atoms with Crippen LogP contribution in [0.15, 0.2) is 0 Å². The second-order valence-electron chi connectivity index (χ2n) is 0.705. The molecule has 0 amide bonds. The van der Waals surface area contributed by atoms with Gasteiger partial charge >= 0.3 is 33.3 Å². The fraction of sp³-hybridized carbons (Fsp3) is 0.667. The van der Waals surface area contributed by atoms with Gasteiger partial charge < -0.3 is 0 Å². The second kappa shape index (κ2) is 1.10. The first-order chi connectivity index (χ1) is 2.00. The van der Waals surface area contributed by atoms with Crippen molar-refractivity contribution in [2.45, 2.75) is 11.3 Å². The zero-order valence-corrected chi connectivity index (χ0v) is 3.86. The SMILES string of the molecule is [CH]1=[Pd][CH2]C1. The van der Waals surface area contributed by atoms with Crippen LogP contribution in [0.1, 0.15) is 6.42 Å². The molecule has 0 bridgehead atoms. The minimum atomic E-state index is 1.05. The predicted molar refractivity (Wildman–Crippen MR) is 15.5 cm³/mol. The van der Waals surface area contributed by atoms with Gasteiger partial charge in [0.25, 0.3) is 0 Å². The molecule has 0 nitrogen and oxygen atoms in total. The Morgan fingerprint density at radius 1 is 1.75 bits per heavy atom. The van der Waals surface area contributed by atoms with Gasteiger partial charge in [-0.05, 0) is 0 Å². The Morgan fingerprint density at radius 3 is 2.00 bits per heavy atom. The summed E-state index contributed by atoms with van der Waals surface area (Å²) < 4.78 is 2.36. The Morgan fingerprint density at radius 2 is 2.00 bits per heavy atom. The first-order valence-corrected chi connectivity index (χ1v) is 3.31. The molecular formula is C3H5Pd. The molecule has 1 aliphatic rings. The summed E-state index contributed by atoms with van der Waals surface area (Å²) >= 11 is 1.05. The van der Waals surface area contributed by atoms with E-state index in [2.05, 4.69) is 4.49 Å². The molecule has 0 fully saturated rings. The van der Waals surface area contributed by atoms with Crippen molar-refractivity contribution in [3.05, 3.63) is 0 Å². The quantitative estimate of drug-likeness (QED) is 0.443. The average molecular weight is 147 g/mol. The normalized spacial score (nSPS) is 24.0. The van der Waals surface area contributed by atoms with E-state index in [0.29, 0.717) is 0 Å². The van der Waals surface area contributed by atoms with Crippen molar-refractivity contribution in [1.29, 1.82) is 0 Å². The Bertz CT molecular complexity index is 32.5. The molecule has 1 aliphatic heterocycles. The van der Waals surface area contributed by atoms with E-state index in [4.69, 9.17) is 0 Å². The zero-order valence-electron chi connectivity index (χ0n) is 2.31. The molecule has 0 unspecified atom stereocenters. The van der Waals surface area contributed by atoms with E-state index in [1.165, 1.54) is 11.3 Å². The first kappa shape index (κ1) is 2.75. The molecule has 0 aromatic carbocycles. The van der Waals surface area contributed by atoms with Crippen molar-refractivity contribution in [3.63, 3.8) is 0 Å². The maximum absolute atomic E-state index is 2.36. The summed E-state index contributed by atoms with van der Waals surface area (Å²) in [4.78, 5) is 1.49. The standard InChI is InChI=1S/C3H5.Pd/c1-3-2;/h1H,2-3H2;. The summed E-state index contributed by atoms with van der Waals surface area (Å²) in [6.45, 7) is 0. The summed E-state index contributed by atoms with van der Waals surface area (Å²) in [5.74, 6) is 0. The summed E-state index contributed by atoms with van der Waals surface area (Å²) in [6.07, 6.45) is 1.40. The molecule has 0 aromatic heterocycles. The van der Waals surface area contributed by atoms with E-state index in [9.17, 15) is 0 Å². The van der Waals surface area contributed by atoms with Crippen LogP contribution in [0.25, 0.3) is 0 Å². The van der Waals surface area contributed by atoms with Crippen LogP contribution in [0, 0.1) is 0 Å². The maximum atomic E-state index is 2.36. The van der Waals surface area contributed by atoms with Crippen LogP contribution in [-0.4, -0.2) is 4.49 Å². The van der Waals surface area contributed by atoms with E-state index in [0.717, 1.165) is 17.5 Å². The van der Waals surface area contributed by atoms with E-state index in [1.54, 1.807) is 0 Å².